The molecule has 0 aliphatic heterocycles. The van der Waals surface area contributed by atoms with Crippen molar-refractivity contribution >= 4 is 24.2 Å². The predicted octanol–water partition coefficient (Wildman–Crippen LogP) is 5.44. The molecule has 0 amide bonds. The Morgan fingerprint density at radius 3 is 1.16 bits per heavy atom. The van der Waals surface area contributed by atoms with E-state index in [1.165, 1.54) is 52.0 Å². The van der Waals surface area contributed by atoms with Crippen molar-refractivity contribution in [3.8, 4) is 23.0 Å². The summed E-state index contributed by atoms with van der Waals surface area (Å²) in [5, 5.41) is 0. The van der Waals surface area contributed by atoms with Crippen LogP contribution in [0.15, 0.2) is 72.8 Å². The van der Waals surface area contributed by atoms with Crippen LogP contribution in [-0.4, -0.2) is 36.8 Å². The Bertz CT molecular complexity index is 1060. The van der Waals surface area contributed by atoms with Crippen molar-refractivity contribution in [1.29, 1.82) is 0 Å². The first-order chi connectivity index (χ1) is 17.4. The van der Waals surface area contributed by atoms with E-state index in [2.05, 4.69) is 13.2 Å². The molecule has 0 fully saturated rings. The minimum absolute atomic E-state index is 0.164. The Hall–Kier alpha value is -4.80. The average Bonchev–Trinajstić information content (AvgIpc) is 2.81. The molecule has 0 radical (unpaired) electrons. The Morgan fingerprint density at radius 1 is 0.568 bits per heavy atom. The molecule has 0 N–H and O–H groups in total. The molecule has 2 aromatic rings. The van der Waals surface area contributed by atoms with Gasteiger partial charge in [-0.25, -0.2) is 19.2 Å². The third kappa shape index (κ3) is 10.1. The number of esters is 2. The fourth-order valence-electron chi connectivity index (χ4n) is 2.35. The molecule has 37 heavy (non-hydrogen) atoms. The van der Waals surface area contributed by atoms with Gasteiger partial charge in [-0.15, -0.1) is 0 Å². The quantitative estimate of drug-likeness (QED) is 0.174. The summed E-state index contributed by atoms with van der Waals surface area (Å²) in [5.41, 5.74) is 0.329. The maximum absolute atomic E-state index is 11.8. The van der Waals surface area contributed by atoms with Crippen molar-refractivity contribution in [3.63, 3.8) is 0 Å². The smallest absolute Gasteiger partial charge is 0.457 e. The molecular formula is C26H26O11. The van der Waals surface area contributed by atoms with Crippen LogP contribution < -0.4 is 14.2 Å². The summed E-state index contributed by atoms with van der Waals surface area (Å²) in [6.07, 6.45) is -4.44. The second-order valence-electron chi connectivity index (χ2n) is 7.49. The monoisotopic (exact) mass is 514 g/mol. The topological polar surface area (TPSA) is 133 Å². The zero-order valence-corrected chi connectivity index (χ0v) is 20.7. The Kier molecular flexibility index (Phi) is 10.2. The minimum atomic E-state index is -1.16. The van der Waals surface area contributed by atoms with E-state index in [1.54, 1.807) is 24.3 Å². The lowest BCUT2D eigenvalue weighted by molar-refractivity contribution is -0.163. The summed E-state index contributed by atoms with van der Waals surface area (Å²) in [6.45, 7) is 12.5. The van der Waals surface area contributed by atoms with Crippen LogP contribution in [0.2, 0.25) is 0 Å². The Morgan fingerprint density at radius 2 is 0.865 bits per heavy atom. The lowest BCUT2D eigenvalue weighted by Gasteiger charge is -2.14. The highest BCUT2D eigenvalue weighted by molar-refractivity contribution is 5.87. The number of ether oxygens (including phenoxy) is 7. The van der Waals surface area contributed by atoms with Gasteiger partial charge in [-0.3, -0.25) is 0 Å². The molecule has 196 valence electrons. The van der Waals surface area contributed by atoms with Gasteiger partial charge in [0.1, 0.15) is 23.0 Å². The second-order valence-corrected chi connectivity index (χ2v) is 7.49. The SMILES string of the molecule is C=C(C)C(=O)OC(C)OC(=O)Oc1ccc(Oc2ccc(OC(=O)OC(C)OC(=O)C(=C)C)cc2)cc1. The first-order valence-electron chi connectivity index (χ1n) is 10.8. The molecular weight excluding hydrogens is 488 g/mol. The second kappa shape index (κ2) is 13.3. The molecule has 11 nitrogen and oxygen atoms in total. The van der Waals surface area contributed by atoms with Crippen LogP contribution in [-0.2, 0) is 28.5 Å². The molecule has 0 spiro atoms. The molecule has 0 aromatic heterocycles. The van der Waals surface area contributed by atoms with E-state index in [9.17, 15) is 19.2 Å². The highest BCUT2D eigenvalue weighted by Gasteiger charge is 2.17. The number of carbonyl (C=O) groups excluding carboxylic acids is 4. The van der Waals surface area contributed by atoms with Gasteiger partial charge >= 0.3 is 24.2 Å². The van der Waals surface area contributed by atoms with Crippen LogP contribution >= 0.6 is 0 Å². The third-order valence-electron chi connectivity index (χ3n) is 4.05. The summed E-state index contributed by atoms with van der Waals surface area (Å²) >= 11 is 0. The molecule has 2 unspecified atom stereocenters. The zero-order valence-electron chi connectivity index (χ0n) is 20.7. The summed E-state index contributed by atoms with van der Waals surface area (Å²) in [5.74, 6) is -0.214. The maximum Gasteiger partial charge on any atom is 0.516 e. The number of benzene rings is 2. The van der Waals surface area contributed by atoms with E-state index in [0.717, 1.165) is 0 Å². The van der Waals surface area contributed by atoms with Gasteiger partial charge in [-0.1, -0.05) is 13.2 Å². The van der Waals surface area contributed by atoms with E-state index >= 15 is 0 Å². The molecule has 11 heteroatoms. The normalized spacial score (nSPS) is 11.7. The lowest BCUT2D eigenvalue weighted by atomic mass is 10.3. The summed E-state index contributed by atoms with van der Waals surface area (Å²) in [4.78, 5) is 46.5. The van der Waals surface area contributed by atoms with Crippen LogP contribution in [0.5, 0.6) is 23.0 Å². The van der Waals surface area contributed by atoms with E-state index in [-0.39, 0.29) is 22.6 Å². The first kappa shape index (κ1) is 28.4. The van der Waals surface area contributed by atoms with Crippen LogP contribution in [0, 0.1) is 0 Å². The minimum Gasteiger partial charge on any atom is -0.457 e. The van der Waals surface area contributed by atoms with Gasteiger partial charge in [0, 0.05) is 25.0 Å². The van der Waals surface area contributed by atoms with Crippen LogP contribution in [0.4, 0.5) is 9.59 Å². The largest absolute Gasteiger partial charge is 0.516 e. The van der Waals surface area contributed by atoms with Gasteiger partial charge in [0.25, 0.3) is 0 Å². The van der Waals surface area contributed by atoms with Crippen molar-refractivity contribution < 1.29 is 52.3 Å². The standard InChI is InChI=1S/C26H26O11/c1-15(2)23(27)31-17(5)33-25(29)36-21-11-7-19(8-12-21)35-20-9-13-22(14-10-20)37-26(30)34-18(6)32-24(28)16(3)4/h7-14,17-18H,1,3H2,2,4-6H3. The van der Waals surface area contributed by atoms with Crippen molar-refractivity contribution in [2.45, 2.75) is 40.3 Å². The van der Waals surface area contributed by atoms with Crippen LogP contribution in [0.1, 0.15) is 27.7 Å². The lowest BCUT2D eigenvalue weighted by Crippen LogP contribution is -2.23. The fourth-order valence-corrected chi connectivity index (χ4v) is 2.35. The summed E-state index contributed by atoms with van der Waals surface area (Å²) in [7, 11) is 0. The number of hydrogen-bond donors (Lipinski definition) is 0. The Balaban J connectivity index is 1.82. The predicted molar refractivity (Wildman–Crippen MR) is 128 cm³/mol. The number of hydrogen-bond acceptors (Lipinski definition) is 11. The van der Waals surface area contributed by atoms with Gasteiger partial charge < -0.3 is 33.2 Å². The summed E-state index contributed by atoms with van der Waals surface area (Å²) < 4.78 is 35.1. The number of carbonyl (C=O) groups is 4. The molecule has 0 heterocycles. The molecule has 0 aliphatic carbocycles. The van der Waals surface area contributed by atoms with Crippen molar-refractivity contribution in [1.82, 2.24) is 0 Å². The molecule has 0 aliphatic rings. The van der Waals surface area contributed by atoms with Crippen LogP contribution in [0.3, 0.4) is 0 Å². The highest BCUT2D eigenvalue weighted by atomic mass is 16.8. The molecule has 2 rings (SSSR count). The molecule has 0 bridgehead atoms. The van der Waals surface area contributed by atoms with Gasteiger partial charge in [0.15, 0.2) is 0 Å². The van der Waals surface area contributed by atoms with Crippen molar-refractivity contribution in [3.05, 3.63) is 72.8 Å². The number of rotatable bonds is 10. The van der Waals surface area contributed by atoms with E-state index < -0.39 is 36.8 Å². The van der Waals surface area contributed by atoms with Gasteiger partial charge in [-0.05, 0) is 62.4 Å². The molecule has 0 saturated heterocycles. The van der Waals surface area contributed by atoms with Gasteiger partial charge in [0.2, 0.25) is 12.6 Å². The van der Waals surface area contributed by atoms with Crippen molar-refractivity contribution in [2.75, 3.05) is 0 Å². The fraction of sp³-hybridized carbons (Fsp3) is 0.231. The van der Waals surface area contributed by atoms with E-state index in [0.29, 0.717) is 11.5 Å². The maximum atomic E-state index is 11.8. The van der Waals surface area contributed by atoms with Gasteiger partial charge in [-0.2, -0.15) is 0 Å². The van der Waals surface area contributed by atoms with E-state index in [4.69, 9.17) is 33.2 Å². The third-order valence-corrected chi connectivity index (χ3v) is 4.05. The molecule has 2 aromatic carbocycles. The zero-order chi connectivity index (χ0) is 27.5. The van der Waals surface area contributed by atoms with Crippen molar-refractivity contribution in [2.24, 2.45) is 0 Å². The highest BCUT2D eigenvalue weighted by Crippen LogP contribution is 2.26. The molecule has 2 atom stereocenters. The first-order valence-corrected chi connectivity index (χ1v) is 10.8. The van der Waals surface area contributed by atoms with Gasteiger partial charge in [0.05, 0.1) is 0 Å². The van der Waals surface area contributed by atoms with E-state index in [1.807, 2.05) is 0 Å². The summed E-state index contributed by atoms with van der Waals surface area (Å²) in [6, 6.07) is 12.1. The van der Waals surface area contributed by atoms with Crippen LogP contribution in [0.25, 0.3) is 0 Å². The Labute approximate surface area is 213 Å². The molecule has 0 saturated carbocycles. The average molecular weight is 514 g/mol.